The van der Waals surface area contributed by atoms with E-state index in [1.165, 1.54) is 6.42 Å². The van der Waals surface area contributed by atoms with Gasteiger partial charge in [-0.3, -0.25) is 4.79 Å². The summed E-state index contributed by atoms with van der Waals surface area (Å²) < 4.78 is 13.9. The minimum atomic E-state index is -1.12. The molecule has 0 aliphatic carbocycles. The summed E-state index contributed by atoms with van der Waals surface area (Å²) in [7, 11) is 0. The highest BCUT2D eigenvalue weighted by atomic mass is 19.1. The van der Waals surface area contributed by atoms with Crippen LogP contribution in [0.4, 0.5) is 10.1 Å². The summed E-state index contributed by atoms with van der Waals surface area (Å²) in [6, 6.07) is 16.5. The second-order valence-corrected chi connectivity index (χ2v) is 10.3. The van der Waals surface area contributed by atoms with Crippen LogP contribution < -0.4 is 5.32 Å². The van der Waals surface area contributed by atoms with Crippen molar-refractivity contribution in [3.05, 3.63) is 54.1 Å². The number of carbonyl (C=O) groups is 1. The Bertz CT molecular complexity index is 890. The summed E-state index contributed by atoms with van der Waals surface area (Å²) in [5.41, 5.74) is 3.07. The van der Waals surface area contributed by atoms with Gasteiger partial charge in [-0.15, -0.1) is 0 Å². The van der Waals surface area contributed by atoms with E-state index in [0.717, 1.165) is 80.8 Å². The van der Waals surface area contributed by atoms with Gasteiger partial charge >= 0.3 is 0 Å². The first-order chi connectivity index (χ1) is 15.9. The van der Waals surface area contributed by atoms with Gasteiger partial charge in [0.25, 0.3) is 5.91 Å². The average Bonchev–Trinajstić information content (AvgIpc) is 2.83. The Kier molecular flexibility index (Phi) is 7.69. The van der Waals surface area contributed by atoms with Crippen LogP contribution in [0.5, 0.6) is 0 Å². The molecule has 2 saturated heterocycles. The Morgan fingerprint density at radius 3 is 2.06 bits per heavy atom. The molecule has 4 nitrogen and oxygen atoms in total. The monoisotopic (exact) mass is 451 g/mol. The number of nitrogens with one attached hydrogen (secondary N) is 1. The minimum absolute atomic E-state index is 0.153. The Balaban J connectivity index is 1.26. The number of likely N-dealkylation sites (tertiary alicyclic amines) is 2. The third kappa shape index (κ3) is 6.80. The number of anilines is 1. The van der Waals surface area contributed by atoms with Crippen molar-refractivity contribution < 1.29 is 9.18 Å². The van der Waals surface area contributed by atoms with Crippen LogP contribution in [0.2, 0.25) is 0 Å². The van der Waals surface area contributed by atoms with Gasteiger partial charge in [0.15, 0.2) is 0 Å². The lowest BCUT2D eigenvalue weighted by atomic mass is 9.95. The lowest BCUT2D eigenvalue weighted by Crippen LogP contribution is -2.42. The van der Waals surface area contributed by atoms with E-state index in [1.807, 2.05) is 29.2 Å². The van der Waals surface area contributed by atoms with Crippen molar-refractivity contribution in [3.8, 4) is 11.1 Å². The van der Waals surface area contributed by atoms with Crippen LogP contribution in [0.1, 0.15) is 56.3 Å². The molecule has 2 aromatic rings. The Morgan fingerprint density at radius 2 is 1.48 bits per heavy atom. The molecule has 178 valence electrons. The summed E-state index contributed by atoms with van der Waals surface area (Å²) in [6.07, 6.45) is 5.68. The number of rotatable bonds is 7. The van der Waals surface area contributed by atoms with Crippen molar-refractivity contribution in [1.29, 1.82) is 0 Å². The van der Waals surface area contributed by atoms with Crippen LogP contribution in [-0.4, -0.2) is 60.6 Å². The SMILES string of the molecule is CC(C)(F)CN1CCC(CNc2ccc(-c3ccc(C(=O)N4CCCCC4)cc3)cc2)CC1. The predicted molar refractivity (Wildman–Crippen MR) is 134 cm³/mol. The van der Waals surface area contributed by atoms with Crippen LogP contribution in [0.25, 0.3) is 11.1 Å². The Morgan fingerprint density at radius 1 is 0.909 bits per heavy atom. The molecule has 2 aliphatic rings. The minimum Gasteiger partial charge on any atom is -0.385 e. The molecule has 33 heavy (non-hydrogen) atoms. The molecule has 2 heterocycles. The fourth-order valence-corrected chi connectivity index (χ4v) is 5.01. The predicted octanol–water partition coefficient (Wildman–Crippen LogP) is 5.85. The maximum atomic E-state index is 13.9. The number of piperidine rings is 2. The molecule has 0 unspecified atom stereocenters. The van der Waals surface area contributed by atoms with E-state index in [0.29, 0.717) is 12.5 Å². The van der Waals surface area contributed by atoms with Crippen molar-refractivity contribution in [1.82, 2.24) is 9.80 Å². The van der Waals surface area contributed by atoms with E-state index in [-0.39, 0.29) is 5.91 Å². The second-order valence-electron chi connectivity index (χ2n) is 10.3. The lowest BCUT2D eigenvalue weighted by molar-refractivity contribution is 0.0724. The van der Waals surface area contributed by atoms with E-state index < -0.39 is 5.67 Å². The van der Waals surface area contributed by atoms with Gasteiger partial charge in [-0.05, 0) is 100 Å². The Labute approximate surface area is 198 Å². The summed E-state index contributed by atoms with van der Waals surface area (Å²) in [5.74, 6) is 0.786. The van der Waals surface area contributed by atoms with Crippen molar-refractivity contribution >= 4 is 11.6 Å². The van der Waals surface area contributed by atoms with Crippen molar-refractivity contribution in [2.75, 3.05) is 44.6 Å². The summed E-state index contributed by atoms with van der Waals surface area (Å²) in [4.78, 5) is 16.9. The molecule has 0 aromatic heterocycles. The fourth-order valence-electron chi connectivity index (χ4n) is 5.01. The van der Waals surface area contributed by atoms with Crippen molar-refractivity contribution in [2.24, 2.45) is 5.92 Å². The molecule has 2 aliphatic heterocycles. The van der Waals surface area contributed by atoms with Gasteiger partial charge in [-0.1, -0.05) is 24.3 Å². The second kappa shape index (κ2) is 10.7. The maximum absolute atomic E-state index is 13.9. The number of halogens is 1. The van der Waals surface area contributed by atoms with E-state index >= 15 is 0 Å². The van der Waals surface area contributed by atoms with Gasteiger partial charge in [0.05, 0.1) is 0 Å². The van der Waals surface area contributed by atoms with E-state index in [2.05, 4.69) is 34.5 Å². The average molecular weight is 452 g/mol. The number of carbonyl (C=O) groups excluding carboxylic acids is 1. The fraction of sp³-hybridized carbons (Fsp3) is 0.536. The summed E-state index contributed by atoms with van der Waals surface area (Å²) in [5, 5.41) is 3.57. The molecule has 0 radical (unpaired) electrons. The molecule has 0 bridgehead atoms. The topological polar surface area (TPSA) is 35.6 Å². The lowest BCUT2D eigenvalue weighted by Gasteiger charge is -2.34. The van der Waals surface area contributed by atoms with Gasteiger partial charge in [0.1, 0.15) is 5.67 Å². The number of benzene rings is 2. The third-order valence-corrected chi connectivity index (χ3v) is 6.89. The quantitative estimate of drug-likeness (QED) is 0.573. The first-order valence-electron chi connectivity index (χ1n) is 12.5. The highest BCUT2D eigenvalue weighted by molar-refractivity contribution is 5.94. The third-order valence-electron chi connectivity index (χ3n) is 6.89. The largest absolute Gasteiger partial charge is 0.385 e. The normalized spacial score (nSPS) is 18.3. The first-order valence-corrected chi connectivity index (χ1v) is 12.5. The van der Waals surface area contributed by atoms with Gasteiger partial charge < -0.3 is 15.1 Å². The van der Waals surface area contributed by atoms with Crippen LogP contribution in [0.15, 0.2) is 48.5 Å². The molecule has 0 saturated carbocycles. The number of hydrogen-bond donors (Lipinski definition) is 1. The molecule has 1 amide bonds. The zero-order valence-corrected chi connectivity index (χ0v) is 20.2. The molecular weight excluding hydrogens is 413 g/mol. The van der Waals surface area contributed by atoms with E-state index in [9.17, 15) is 9.18 Å². The van der Waals surface area contributed by atoms with Gasteiger partial charge in [-0.2, -0.15) is 0 Å². The van der Waals surface area contributed by atoms with Gasteiger partial charge in [0.2, 0.25) is 0 Å². The maximum Gasteiger partial charge on any atom is 0.253 e. The van der Waals surface area contributed by atoms with Crippen LogP contribution in [0.3, 0.4) is 0 Å². The number of hydrogen-bond acceptors (Lipinski definition) is 3. The van der Waals surface area contributed by atoms with E-state index in [4.69, 9.17) is 0 Å². The molecule has 2 fully saturated rings. The van der Waals surface area contributed by atoms with Crippen LogP contribution >= 0.6 is 0 Å². The highest BCUT2D eigenvalue weighted by Gasteiger charge is 2.25. The van der Waals surface area contributed by atoms with Crippen LogP contribution in [-0.2, 0) is 0 Å². The summed E-state index contributed by atoms with van der Waals surface area (Å²) in [6.45, 7) is 8.53. The molecular formula is C28H38FN3O. The number of alkyl halides is 1. The molecule has 2 aromatic carbocycles. The molecule has 4 rings (SSSR count). The molecule has 1 N–H and O–H groups in total. The molecule has 0 atom stereocenters. The van der Waals surface area contributed by atoms with Crippen molar-refractivity contribution in [2.45, 2.75) is 51.6 Å². The standard InChI is InChI=1S/C28H38FN3O/c1-28(2,29)21-31-18-14-22(15-19-31)20-30-26-12-10-24(11-13-26)23-6-8-25(9-7-23)27(33)32-16-4-3-5-17-32/h6-13,22,30H,3-5,14-21H2,1-2H3. The molecule has 0 spiro atoms. The summed E-state index contributed by atoms with van der Waals surface area (Å²) >= 11 is 0. The number of nitrogens with zero attached hydrogens (tertiary/aromatic N) is 2. The molecule has 5 heteroatoms. The van der Waals surface area contributed by atoms with Gasteiger partial charge in [-0.25, -0.2) is 4.39 Å². The van der Waals surface area contributed by atoms with E-state index in [1.54, 1.807) is 13.8 Å². The zero-order valence-electron chi connectivity index (χ0n) is 20.2. The van der Waals surface area contributed by atoms with Crippen molar-refractivity contribution in [3.63, 3.8) is 0 Å². The smallest absolute Gasteiger partial charge is 0.253 e. The zero-order chi connectivity index (χ0) is 23.3. The number of amides is 1. The first kappa shape index (κ1) is 23.7. The highest BCUT2D eigenvalue weighted by Crippen LogP contribution is 2.24. The van der Waals surface area contributed by atoms with Crippen LogP contribution in [0, 0.1) is 5.92 Å². The Hall–Kier alpha value is -2.40. The van der Waals surface area contributed by atoms with Gasteiger partial charge in [0, 0.05) is 37.4 Å².